The molecule has 5 heteroatoms. The van der Waals surface area contributed by atoms with E-state index in [-0.39, 0.29) is 12.0 Å². The second-order valence-electron chi connectivity index (χ2n) is 6.65. The van der Waals surface area contributed by atoms with Crippen LogP contribution in [0.5, 0.6) is 5.75 Å². The number of carbonyl (C=O) groups excluding carboxylic acids is 1. The summed E-state index contributed by atoms with van der Waals surface area (Å²) in [6.07, 6.45) is 1.04. The van der Waals surface area contributed by atoms with Crippen LogP contribution < -0.4 is 4.74 Å². The normalized spacial score (nSPS) is 17.8. The number of halogens is 1. The second kappa shape index (κ2) is 8.83. The molecule has 1 heterocycles. The van der Waals surface area contributed by atoms with Gasteiger partial charge in [-0.15, -0.1) is 0 Å². The van der Waals surface area contributed by atoms with Gasteiger partial charge in [-0.1, -0.05) is 29.8 Å². The highest BCUT2D eigenvalue weighted by Crippen LogP contribution is 2.38. The van der Waals surface area contributed by atoms with Crippen LogP contribution in [0, 0.1) is 0 Å². The molecule has 0 radical (unpaired) electrons. The molecule has 1 amide bonds. The molecule has 2 aromatic rings. The van der Waals surface area contributed by atoms with Gasteiger partial charge in [0.2, 0.25) is 0 Å². The lowest BCUT2D eigenvalue weighted by molar-refractivity contribution is 0.0766. The van der Waals surface area contributed by atoms with Gasteiger partial charge < -0.3 is 9.64 Å². The molecular formula is C21H24ClNO2S. The third-order valence-corrected chi connectivity index (χ3v) is 6.01. The lowest BCUT2D eigenvalue weighted by Crippen LogP contribution is -2.32. The zero-order chi connectivity index (χ0) is 18.5. The van der Waals surface area contributed by atoms with Crippen molar-refractivity contribution < 1.29 is 9.53 Å². The molecule has 0 spiro atoms. The van der Waals surface area contributed by atoms with E-state index in [1.807, 2.05) is 73.0 Å². The topological polar surface area (TPSA) is 29.5 Å². The van der Waals surface area contributed by atoms with Crippen molar-refractivity contribution >= 4 is 29.3 Å². The van der Waals surface area contributed by atoms with E-state index in [0.717, 1.165) is 36.0 Å². The maximum absolute atomic E-state index is 12.8. The van der Waals surface area contributed by atoms with Gasteiger partial charge in [-0.05, 0) is 56.2 Å². The van der Waals surface area contributed by atoms with E-state index >= 15 is 0 Å². The molecule has 138 valence electrons. The van der Waals surface area contributed by atoms with Crippen molar-refractivity contribution in [2.75, 3.05) is 18.8 Å². The van der Waals surface area contributed by atoms with Gasteiger partial charge in [-0.2, -0.15) is 11.8 Å². The van der Waals surface area contributed by atoms with Crippen molar-refractivity contribution in [3.8, 4) is 5.75 Å². The molecule has 0 bridgehead atoms. The third-order valence-electron chi connectivity index (χ3n) is 4.35. The molecule has 1 atom stereocenters. The average Bonchev–Trinajstić information content (AvgIpc) is 2.88. The molecule has 3 nitrogen and oxygen atoms in total. The van der Waals surface area contributed by atoms with Crippen LogP contribution in [0.4, 0.5) is 0 Å². The van der Waals surface area contributed by atoms with Gasteiger partial charge in [0.1, 0.15) is 5.75 Å². The Morgan fingerprint density at radius 2 is 1.88 bits per heavy atom. The van der Waals surface area contributed by atoms with Gasteiger partial charge in [0.25, 0.3) is 5.91 Å². The van der Waals surface area contributed by atoms with E-state index in [2.05, 4.69) is 6.07 Å². The lowest BCUT2D eigenvalue weighted by Gasteiger charge is -2.21. The summed E-state index contributed by atoms with van der Waals surface area (Å²) in [5.41, 5.74) is 1.88. The van der Waals surface area contributed by atoms with Gasteiger partial charge in [0.15, 0.2) is 0 Å². The van der Waals surface area contributed by atoms with Gasteiger partial charge in [-0.3, -0.25) is 4.79 Å². The molecule has 1 saturated heterocycles. The number of benzene rings is 2. The Morgan fingerprint density at radius 3 is 2.58 bits per heavy atom. The Balaban J connectivity index is 1.65. The van der Waals surface area contributed by atoms with E-state index < -0.39 is 0 Å². The number of thioether (sulfide) groups is 1. The van der Waals surface area contributed by atoms with E-state index in [1.54, 1.807) is 0 Å². The van der Waals surface area contributed by atoms with Crippen LogP contribution in [-0.2, 0) is 0 Å². The molecule has 0 aromatic heterocycles. The lowest BCUT2D eigenvalue weighted by atomic mass is 10.1. The highest BCUT2D eigenvalue weighted by atomic mass is 35.5. The second-order valence-corrected chi connectivity index (χ2v) is 8.37. The summed E-state index contributed by atoms with van der Waals surface area (Å²) in [5, 5.41) is 1.15. The first-order chi connectivity index (χ1) is 12.5. The molecule has 2 aromatic carbocycles. The number of rotatable bonds is 4. The summed E-state index contributed by atoms with van der Waals surface area (Å²) in [6, 6.07) is 15.4. The van der Waals surface area contributed by atoms with Crippen LogP contribution in [0.15, 0.2) is 48.5 Å². The van der Waals surface area contributed by atoms with Crippen molar-refractivity contribution in [1.29, 1.82) is 0 Å². The number of hydrogen-bond acceptors (Lipinski definition) is 3. The highest BCUT2D eigenvalue weighted by molar-refractivity contribution is 7.99. The Bertz CT molecular complexity index is 748. The Morgan fingerprint density at radius 1 is 1.15 bits per heavy atom. The summed E-state index contributed by atoms with van der Waals surface area (Å²) in [4.78, 5) is 14.8. The zero-order valence-electron chi connectivity index (χ0n) is 15.2. The summed E-state index contributed by atoms with van der Waals surface area (Å²) in [7, 11) is 0. The summed E-state index contributed by atoms with van der Waals surface area (Å²) in [5.74, 6) is 1.79. The fourth-order valence-electron chi connectivity index (χ4n) is 3.09. The van der Waals surface area contributed by atoms with Gasteiger partial charge >= 0.3 is 0 Å². The minimum atomic E-state index is 0.0847. The standard InChI is InChI=1S/C21H24ClNO2S/c1-15(2)25-17-9-7-16(8-10-17)21(24)23-12-11-20(26-14-13-23)18-5-3-4-6-19(18)22/h3-10,15,20H,11-14H2,1-2H3. The average molecular weight is 390 g/mol. The highest BCUT2D eigenvalue weighted by Gasteiger charge is 2.24. The van der Waals surface area contributed by atoms with Crippen molar-refractivity contribution in [2.24, 2.45) is 0 Å². The van der Waals surface area contributed by atoms with E-state index in [9.17, 15) is 4.79 Å². The molecule has 1 fully saturated rings. The summed E-state index contributed by atoms with van der Waals surface area (Å²) in [6.45, 7) is 5.48. The predicted octanol–water partition coefficient (Wildman–Crippen LogP) is 5.45. The van der Waals surface area contributed by atoms with Crippen LogP contribution in [0.25, 0.3) is 0 Å². The van der Waals surface area contributed by atoms with Crippen molar-refractivity contribution in [2.45, 2.75) is 31.6 Å². The van der Waals surface area contributed by atoms with Crippen LogP contribution in [0.2, 0.25) is 5.02 Å². The monoisotopic (exact) mass is 389 g/mol. The first kappa shape index (κ1) is 19.1. The first-order valence-electron chi connectivity index (χ1n) is 8.96. The van der Waals surface area contributed by atoms with Crippen LogP contribution >= 0.6 is 23.4 Å². The van der Waals surface area contributed by atoms with Crippen molar-refractivity contribution in [1.82, 2.24) is 4.90 Å². The Labute approximate surface area is 164 Å². The van der Waals surface area contributed by atoms with Gasteiger partial charge in [0.05, 0.1) is 6.10 Å². The minimum Gasteiger partial charge on any atom is -0.491 e. The van der Waals surface area contributed by atoms with Gasteiger partial charge in [-0.25, -0.2) is 0 Å². The quantitative estimate of drug-likeness (QED) is 0.696. The molecular weight excluding hydrogens is 366 g/mol. The number of nitrogens with zero attached hydrogens (tertiary/aromatic N) is 1. The molecule has 0 saturated carbocycles. The SMILES string of the molecule is CC(C)Oc1ccc(C(=O)N2CCSC(c3ccccc3Cl)CC2)cc1. The molecule has 1 aliphatic rings. The fraction of sp³-hybridized carbons (Fsp3) is 0.381. The summed E-state index contributed by atoms with van der Waals surface area (Å²) < 4.78 is 5.65. The summed E-state index contributed by atoms with van der Waals surface area (Å²) >= 11 is 8.23. The fourth-order valence-corrected chi connectivity index (χ4v) is 4.69. The molecule has 0 N–H and O–H groups in total. The van der Waals surface area contributed by atoms with Crippen LogP contribution in [0.1, 0.15) is 41.4 Å². The zero-order valence-corrected chi connectivity index (χ0v) is 16.7. The number of carbonyl (C=O) groups is 1. The largest absolute Gasteiger partial charge is 0.491 e. The van der Waals surface area contributed by atoms with E-state index in [1.165, 1.54) is 5.56 Å². The molecule has 1 aliphatic heterocycles. The van der Waals surface area contributed by atoms with Crippen LogP contribution in [-0.4, -0.2) is 35.8 Å². The maximum Gasteiger partial charge on any atom is 0.253 e. The molecule has 1 unspecified atom stereocenters. The molecule has 3 rings (SSSR count). The Kier molecular flexibility index (Phi) is 6.49. The minimum absolute atomic E-state index is 0.0847. The van der Waals surface area contributed by atoms with Crippen LogP contribution in [0.3, 0.4) is 0 Å². The number of ether oxygens (including phenoxy) is 1. The third kappa shape index (κ3) is 4.74. The van der Waals surface area contributed by atoms with E-state index in [0.29, 0.717) is 10.8 Å². The Hall–Kier alpha value is -1.65. The number of amides is 1. The van der Waals surface area contributed by atoms with Crippen molar-refractivity contribution in [3.63, 3.8) is 0 Å². The maximum atomic E-state index is 12.8. The predicted molar refractivity (Wildman–Crippen MR) is 109 cm³/mol. The molecule has 26 heavy (non-hydrogen) atoms. The van der Waals surface area contributed by atoms with E-state index in [4.69, 9.17) is 16.3 Å². The number of hydrogen-bond donors (Lipinski definition) is 0. The van der Waals surface area contributed by atoms with Crippen molar-refractivity contribution in [3.05, 3.63) is 64.7 Å². The molecule has 0 aliphatic carbocycles. The first-order valence-corrected chi connectivity index (χ1v) is 10.4. The smallest absolute Gasteiger partial charge is 0.253 e. The van der Waals surface area contributed by atoms with Gasteiger partial charge in [0, 0.05) is 34.7 Å².